The molecule has 138 valence electrons. The van der Waals surface area contributed by atoms with Gasteiger partial charge in [-0.1, -0.05) is 30.7 Å². The van der Waals surface area contributed by atoms with Gasteiger partial charge in [0.25, 0.3) is 0 Å². The van der Waals surface area contributed by atoms with Crippen LogP contribution in [0.4, 0.5) is 4.79 Å². The van der Waals surface area contributed by atoms with E-state index in [2.05, 4.69) is 22.9 Å². The maximum Gasteiger partial charge on any atom is 0.315 e. The van der Waals surface area contributed by atoms with Crippen molar-refractivity contribution in [2.24, 2.45) is 0 Å². The zero-order chi connectivity index (χ0) is 18.1. The minimum absolute atomic E-state index is 0.0182. The summed E-state index contributed by atoms with van der Waals surface area (Å²) >= 11 is 5.83. The van der Waals surface area contributed by atoms with E-state index in [0.29, 0.717) is 11.6 Å². The van der Waals surface area contributed by atoms with E-state index in [1.54, 1.807) is 12.1 Å². The molecule has 7 heteroatoms. The van der Waals surface area contributed by atoms with Gasteiger partial charge in [-0.05, 0) is 50.0 Å². The number of hydrogen-bond donors (Lipinski definition) is 3. The molecule has 3 amide bonds. The van der Waals surface area contributed by atoms with Crippen LogP contribution in [0.15, 0.2) is 24.3 Å². The van der Waals surface area contributed by atoms with Crippen LogP contribution in [0.5, 0.6) is 0 Å². The van der Waals surface area contributed by atoms with E-state index in [4.69, 9.17) is 11.6 Å². The first kappa shape index (κ1) is 19.5. The Hall–Kier alpha value is -1.79. The molecule has 0 radical (unpaired) electrons. The highest BCUT2D eigenvalue weighted by atomic mass is 35.5. The maximum atomic E-state index is 12.5. The van der Waals surface area contributed by atoms with Crippen molar-refractivity contribution in [3.8, 4) is 0 Å². The second kappa shape index (κ2) is 10.3. The minimum atomic E-state index is -0.343. The van der Waals surface area contributed by atoms with E-state index in [9.17, 15) is 9.59 Å². The van der Waals surface area contributed by atoms with Crippen LogP contribution in [0.3, 0.4) is 0 Å². The van der Waals surface area contributed by atoms with E-state index in [1.807, 2.05) is 17.0 Å². The summed E-state index contributed by atoms with van der Waals surface area (Å²) in [6.45, 7) is 5.09. The fraction of sp³-hybridized carbons (Fsp3) is 0.556. The van der Waals surface area contributed by atoms with Crippen molar-refractivity contribution in [2.45, 2.75) is 38.8 Å². The van der Waals surface area contributed by atoms with Gasteiger partial charge < -0.3 is 20.9 Å². The summed E-state index contributed by atoms with van der Waals surface area (Å²) in [5.41, 5.74) is 0.952. The fourth-order valence-electron chi connectivity index (χ4n) is 2.97. The lowest BCUT2D eigenvalue weighted by Crippen LogP contribution is -2.50. The number of carbonyl (C=O) groups is 2. The highest BCUT2D eigenvalue weighted by Crippen LogP contribution is 2.12. The summed E-state index contributed by atoms with van der Waals surface area (Å²) < 4.78 is 0. The molecule has 0 aromatic heterocycles. The second-order valence-corrected chi connectivity index (χ2v) is 6.67. The molecule has 0 bridgehead atoms. The summed E-state index contributed by atoms with van der Waals surface area (Å²) in [5.74, 6) is -0.0182. The summed E-state index contributed by atoms with van der Waals surface area (Å²) in [4.78, 5) is 26.3. The number of halogens is 1. The molecular weight excluding hydrogens is 340 g/mol. The predicted octanol–water partition coefficient (Wildman–Crippen LogP) is 2.13. The molecule has 2 rings (SSSR count). The van der Waals surface area contributed by atoms with E-state index < -0.39 is 0 Å². The number of carbonyl (C=O) groups excluding carboxylic acids is 2. The van der Waals surface area contributed by atoms with Crippen LogP contribution < -0.4 is 16.0 Å². The molecule has 0 spiro atoms. The molecule has 1 aliphatic heterocycles. The lowest BCUT2D eigenvalue weighted by atomic mass is 10.0. The number of rotatable bonds is 7. The van der Waals surface area contributed by atoms with Gasteiger partial charge in [0.1, 0.15) is 0 Å². The Balaban J connectivity index is 1.76. The SMILES string of the molecule is CCCN(C(=O)CNC(=O)NCc1ccc(Cl)cc1)C1CCNCC1. The van der Waals surface area contributed by atoms with Crippen molar-refractivity contribution < 1.29 is 9.59 Å². The molecule has 3 N–H and O–H groups in total. The standard InChI is InChI=1S/C18H27ClN4O2/c1-2-11-23(16-7-9-20-10-8-16)17(24)13-22-18(25)21-12-14-3-5-15(19)6-4-14/h3-6,16,20H,2,7-13H2,1H3,(H2,21,22,25). The van der Waals surface area contributed by atoms with Crippen LogP contribution in [0.2, 0.25) is 5.02 Å². The van der Waals surface area contributed by atoms with Crippen molar-refractivity contribution in [3.63, 3.8) is 0 Å². The molecule has 6 nitrogen and oxygen atoms in total. The third-order valence-corrected chi connectivity index (χ3v) is 4.55. The van der Waals surface area contributed by atoms with Gasteiger partial charge >= 0.3 is 6.03 Å². The Morgan fingerprint density at radius 2 is 1.88 bits per heavy atom. The average molecular weight is 367 g/mol. The Bertz CT molecular complexity index is 559. The molecule has 1 heterocycles. The lowest BCUT2D eigenvalue weighted by Gasteiger charge is -2.34. The molecule has 0 aliphatic carbocycles. The summed E-state index contributed by atoms with van der Waals surface area (Å²) in [5, 5.41) is 9.38. The molecular formula is C18H27ClN4O2. The fourth-order valence-corrected chi connectivity index (χ4v) is 3.10. The Labute approximate surface area is 154 Å². The number of nitrogens with one attached hydrogen (secondary N) is 3. The molecule has 1 aliphatic rings. The van der Waals surface area contributed by atoms with Gasteiger partial charge in [-0.2, -0.15) is 0 Å². The zero-order valence-electron chi connectivity index (χ0n) is 14.7. The molecule has 1 aromatic carbocycles. The van der Waals surface area contributed by atoms with Crippen molar-refractivity contribution in [1.82, 2.24) is 20.9 Å². The number of piperidine rings is 1. The van der Waals surface area contributed by atoms with E-state index in [0.717, 1.165) is 44.5 Å². The Morgan fingerprint density at radius 3 is 2.52 bits per heavy atom. The van der Waals surface area contributed by atoms with Gasteiger partial charge in [0.2, 0.25) is 5.91 Å². The molecule has 0 saturated carbocycles. The molecule has 0 unspecified atom stereocenters. The highest BCUT2D eigenvalue weighted by molar-refractivity contribution is 6.30. The largest absolute Gasteiger partial charge is 0.338 e. The first-order chi connectivity index (χ1) is 12.1. The molecule has 1 fully saturated rings. The van der Waals surface area contributed by atoms with Crippen LogP contribution >= 0.6 is 11.6 Å². The number of urea groups is 1. The zero-order valence-corrected chi connectivity index (χ0v) is 15.4. The maximum absolute atomic E-state index is 12.5. The van der Waals surface area contributed by atoms with E-state index >= 15 is 0 Å². The van der Waals surface area contributed by atoms with Gasteiger partial charge in [-0.25, -0.2) is 4.79 Å². The lowest BCUT2D eigenvalue weighted by molar-refractivity contribution is -0.133. The van der Waals surface area contributed by atoms with Gasteiger partial charge in [0.15, 0.2) is 0 Å². The van der Waals surface area contributed by atoms with E-state index in [1.165, 1.54) is 0 Å². The minimum Gasteiger partial charge on any atom is -0.338 e. The van der Waals surface area contributed by atoms with Crippen molar-refractivity contribution in [2.75, 3.05) is 26.2 Å². The Kier molecular flexibility index (Phi) is 8.01. The number of amides is 3. The van der Waals surface area contributed by atoms with Crippen molar-refractivity contribution >= 4 is 23.5 Å². The molecule has 1 aromatic rings. The normalized spacial score (nSPS) is 14.8. The van der Waals surface area contributed by atoms with Crippen molar-refractivity contribution in [1.29, 1.82) is 0 Å². The smallest absolute Gasteiger partial charge is 0.315 e. The molecule has 25 heavy (non-hydrogen) atoms. The van der Waals surface area contributed by atoms with Gasteiger partial charge in [0, 0.05) is 24.2 Å². The quantitative estimate of drug-likeness (QED) is 0.692. The highest BCUT2D eigenvalue weighted by Gasteiger charge is 2.24. The predicted molar refractivity (Wildman–Crippen MR) is 99.6 cm³/mol. The van der Waals surface area contributed by atoms with Crippen LogP contribution in [0.25, 0.3) is 0 Å². The van der Waals surface area contributed by atoms with Crippen LogP contribution in [0, 0.1) is 0 Å². The molecule has 0 atom stereocenters. The first-order valence-electron chi connectivity index (χ1n) is 8.86. The van der Waals surface area contributed by atoms with Crippen LogP contribution in [-0.4, -0.2) is 49.1 Å². The van der Waals surface area contributed by atoms with Crippen LogP contribution in [-0.2, 0) is 11.3 Å². The van der Waals surface area contributed by atoms with Gasteiger partial charge in [-0.15, -0.1) is 0 Å². The molecule has 1 saturated heterocycles. The summed E-state index contributed by atoms with van der Waals surface area (Å²) in [7, 11) is 0. The van der Waals surface area contributed by atoms with Crippen molar-refractivity contribution in [3.05, 3.63) is 34.9 Å². The summed E-state index contributed by atoms with van der Waals surface area (Å²) in [6, 6.07) is 7.20. The summed E-state index contributed by atoms with van der Waals surface area (Å²) in [6.07, 6.45) is 2.85. The topological polar surface area (TPSA) is 73.5 Å². The average Bonchev–Trinajstić information content (AvgIpc) is 2.64. The number of nitrogens with zero attached hydrogens (tertiary/aromatic N) is 1. The van der Waals surface area contributed by atoms with E-state index in [-0.39, 0.29) is 24.5 Å². The van der Waals surface area contributed by atoms with Gasteiger partial charge in [0.05, 0.1) is 6.54 Å². The van der Waals surface area contributed by atoms with Gasteiger partial charge in [-0.3, -0.25) is 4.79 Å². The number of benzene rings is 1. The number of hydrogen-bond acceptors (Lipinski definition) is 3. The first-order valence-corrected chi connectivity index (χ1v) is 9.24. The third kappa shape index (κ3) is 6.55. The van der Waals surface area contributed by atoms with Crippen LogP contribution in [0.1, 0.15) is 31.7 Å². The second-order valence-electron chi connectivity index (χ2n) is 6.23. The third-order valence-electron chi connectivity index (χ3n) is 4.30. The Morgan fingerprint density at radius 1 is 1.20 bits per heavy atom. The monoisotopic (exact) mass is 366 g/mol.